The topological polar surface area (TPSA) is 192 Å². The lowest BCUT2D eigenvalue weighted by molar-refractivity contribution is -0.148. The fourth-order valence-electron chi connectivity index (χ4n) is 9.20. The standard InChI is InChI=1S/C29H27F3N4O4.C27H23F3N4O4/c1-2-38-27(37)24-17-36(28-33-13-12-26(34-28)29(30,31)32)16-21(24)14-19-8-10-23(11-9-19)39-18-22-15-25(40-35-22)20-6-4-3-5-7-20;28-27(29,30)24-10-11-31-26(32-24)34-14-19(22(15-34)25(35)36)12-17-6-8-21(9-7-17)37-16-20-13-23(38-33-20)18-4-2-1-3-5-18/h3-13,15,21,24H,2,14,16-18H2,1H3;1-11,13,19,22H,12,14-16H2,(H,35,36)/t21-,24+;19-,22+/m11/s1. The molecule has 2 fully saturated rings. The molecule has 0 saturated carbocycles. The van der Waals surface area contributed by atoms with Gasteiger partial charge >= 0.3 is 24.3 Å². The average molecular weight is 1080 g/mol. The Hall–Kier alpha value is -8.82. The van der Waals surface area contributed by atoms with Crippen LogP contribution in [0.4, 0.5) is 38.2 Å². The zero-order valence-electron chi connectivity index (χ0n) is 41.7. The number of carboxylic acid groups (broad SMARTS) is 1. The summed E-state index contributed by atoms with van der Waals surface area (Å²) in [4.78, 5) is 43.0. The maximum Gasteiger partial charge on any atom is 0.433 e. The molecule has 2 aliphatic rings. The van der Waals surface area contributed by atoms with Gasteiger partial charge in [0.05, 0.1) is 18.4 Å². The van der Waals surface area contributed by atoms with Crippen LogP contribution in [0, 0.1) is 23.7 Å². The lowest BCUT2D eigenvalue weighted by Crippen LogP contribution is -2.27. The molecule has 8 aromatic rings. The van der Waals surface area contributed by atoms with Crippen LogP contribution in [0.1, 0.15) is 40.8 Å². The zero-order chi connectivity index (χ0) is 54.8. The number of hydrogen-bond donors (Lipinski definition) is 1. The van der Waals surface area contributed by atoms with Crippen LogP contribution in [0.5, 0.6) is 11.5 Å². The van der Waals surface area contributed by atoms with Crippen LogP contribution in [0.25, 0.3) is 22.6 Å². The van der Waals surface area contributed by atoms with E-state index in [1.54, 1.807) is 24.0 Å². The normalized spacial score (nSPS) is 17.3. The maximum absolute atomic E-state index is 13.2. The van der Waals surface area contributed by atoms with Crippen molar-refractivity contribution < 1.29 is 64.3 Å². The highest BCUT2D eigenvalue weighted by molar-refractivity contribution is 5.75. The molecule has 2 saturated heterocycles. The van der Waals surface area contributed by atoms with Gasteiger partial charge in [-0.25, -0.2) is 19.9 Å². The quantitative estimate of drug-likeness (QED) is 0.0668. The first-order valence-electron chi connectivity index (χ1n) is 24.7. The van der Waals surface area contributed by atoms with Crippen molar-refractivity contribution in [2.24, 2.45) is 23.7 Å². The summed E-state index contributed by atoms with van der Waals surface area (Å²) in [7, 11) is 0. The highest BCUT2D eigenvalue weighted by atomic mass is 19.4. The number of rotatable bonds is 17. The van der Waals surface area contributed by atoms with Crippen molar-refractivity contribution in [3.05, 3.63) is 180 Å². The number of hydrogen-bond acceptors (Lipinski definition) is 15. The Morgan fingerprint density at radius 2 is 1.01 bits per heavy atom. The van der Waals surface area contributed by atoms with Gasteiger partial charge in [-0.1, -0.05) is 95.2 Å². The van der Waals surface area contributed by atoms with Gasteiger partial charge in [0.25, 0.3) is 0 Å². The Kier molecular flexibility index (Phi) is 16.6. The number of halogens is 6. The number of carboxylic acids is 1. The van der Waals surface area contributed by atoms with Crippen LogP contribution in [0.2, 0.25) is 0 Å². The molecule has 2 aliphatic heterocycles. The summed E-state index contributed by atoms with van der Waals surface area (Å²) in [6.07, 6.45) is -6.13. The van der Waals surface area contributed by atoms with Crippen LogP contribution in [0.15, 0.2) is 155 Å². The molecule has 0 aliphatic carbocycles. The molecular formula is C56H50F6N8O8. The number of esters is 1. The molecule has 0 radical (unpaired) electrons. The summed E-state index contributed by atoms with van der Waals surface area (Å²) in [5.41, 5.74) is 2.89. The van der Waals surface area contributed by atoms with Gasteiger partial charge in [-0.05, 0) is 79.1 Å². The summed E-state index contributed by atoms with van der Waals surface area (Å²) in [6, 6.07) is 39.2. The Balaban J connectivity index is 0.000000190. The molecule has 4 aromatic carbocycles. The van der Waals surface area contributed by atoms with Gasteiger partial charge in [-0.3, -0.25) is 9.59 Å². The molecular weight excluding hydrogens is 1030 g/mol. The Morgan fingerprint density at radius 3 is 1.42 bits per heavy atom. The van der Waals surface area contributed by atoms with Crippen LogP contribution in [0.3, 0.4) is 0 Å². The largest absolute Gasteiger partial charge is 0.487 e. The van der Waals surface area contributed by atoms with Crippen LogP contribution < -0.4 is 19.3 Å². The van der Waals surface area contributed by atoms with Crippen molar-refractivity contribution >= 4 is 23.8 Å². The molecule has 16 nitrogen and oxygen atoms in total. The van der Waals surface area contributed by atoms with E-state index in [1.165, 1.54) is 4.90 Å². The predicted octanol–water partition coefficient (Wildman–Crippen LogP) is 10.7. The number of alkyl halides is 6. The fourth-order valence-corrected chi connectivity index (χ4v) is 9.20. The lowest BCUT2D eigenvalue weighted by atomic mass is 9.90. The van der Waals surface area contributed by atoms with E-state index in [0.717, 1.165) is 46.8 Å². The van der Waals surface area contributed by atoms with Crippen molar-refractivity contribution in [1.82, 2.24) is 30.2 Å². The van der Waals surface area contributed by atoms with Crippen molar-refractivity contribution in [1.29, 1.82) is 0 Å². The Bertz CT molecular complexity index is 3250. The van der Waals surface area contributed by atoms with E-state index in [9.17, 15) is 41.0 Å². The SMILES string of the molecule is CCOC(=O)[C@H]1CN(c2nccc(C(F)(F)F)n2)C[C@H]1Cc1ccc(OCc2cc(-c3ccccc3)on2)cc1.O=C(O)[C@H]1CN(c2nccc(C(F)(F)F)n2)C[C@H]1Cc1ccc(OCc2cc(-c3ccccc3)on2)cc1. The fraction of sp³-hybridized carbons (Fsp3) is 0.286. The molecule has 22 heteroatoms. The molecule has 78 heavy (non-hydrogen) atoms. The van der Waals surface area contributed by atoms with E-state index < -0.39 is 41.5 Å². The van der Waals surface area contributed by atoms with Crippen LogP contribution in [-0.4, -0.2) is 80.1 Å². The molecule has 0 bridgehead atoms. The van der Waals surface area contributed by atoms with Crippen LogP contribution >= 0.6 is 0 Å². The van der Waals surface area contributed by atoms with Gasteiger partial charge in [0.2, 0.25) is 11.9 Å². The summed E-state index contributed by atoms with van der Waals surface area (Å²) in [5, 5.41) is 17.8. The smallest absolute Gasteiger partial charge is 0.433 e. The minimum absolute atomic E-state index is 0.0329. The average Bonchev–Trinajstić information content (AvgIpc) is 4.31. The summed E-state index contributed by atoms with van der Waals surface area (Å²) in [5.74, 6) is -0.843. The summed E-state index contributed by atoms with van der Waals surface area (Å²) < 4.78 is 106. The van der Waals surface area contributed by atoms with E-state index in [-0.39, 0.29) is 69.2 Å². The second-order valence-corrected chi connectivity index (χ2v) is 18.5. The second kappa shape index (κ2) is 24.0. The zero-order valence-corrected chi connectivity index (χ0v) is 41.7. The minimum atomic E-state index is -4.61. The maximum atomic E-state index is 13.2. The van der Waals surface area contributed by atoms with Crippen molar-refractivity contribution in [2.45, 2.75) is 45.3 Å². The third-order valence-electron chi connectivity index (χ3n) is 13.1. The first-order chi connectivity index (χ1) is 37.6. The number of benzene rings is 4. The third kappa shape index (κ3) is 13.8. The number of carbonyl (C=O) groups excluding carboxylic acids is 1. The molecule has 4 atom stereocenters. The first-order valence-corrected chi connectivity index (χ1v) is 24.7. The Morgan fingerprint density at radius 1 is 0.590 bits per heavy atom. The van der Waals surface area contributed by atoms with Crippen molar-refractivity contribution in [2.75, 3.05) is 42.6 Å². The van der Waals surface area contributed by atoms with Crippen molar-refractivity contribution in [3.8, 4) is 34.1 Å². The number of carbonyl (C=O) groups is 2. The third-order valence-corrected chi connectivity index (χ3v) is 13.1. The van der Waals surface area contributed by atoms with E-state index >= 15 is 0 Å². The summed E-state index contributed by atoms with van der Waals surface area (Å²) in [6.45, 7) is 3.13. The Labute approximate surface area is 442 Å². The number of aromatic nitrogens is 6. The molecule has 0 spiro atoms. The van der Waals surface area contributed by atoms with E-state index in [4.69, 9.17) is 23.3 Å². The first kappa shape index (κ1) is 54.0. The van der Waals surface area contributed by atoms with E-state index in [0.29, 0.717) is 53.8 Å². The molecule has 6 heterocycles. The number of anilines is 2. The predicted molar refractivity (Wildman–Crippen MR) is 270 cm³/mol. The lowest BCUT2D eigenvalue weighted by Gasteiger charge is -2.17. The number of nitrogens with zero attached hydrogens (tertiary/aromatic N) is 8. The van der Waals surface area contributed by atoms with E-state index in [2.05, 4.69) is 30.2 Å². The summed E-state index contributed by atoms with van der Waals surface area (Å²) >= 11 is 0. The molecule has 404 valence electrons. The van der Waals surface area contributed by atoms with Gasteiger partial charge < -0.3 is 38.2 Å². The molecule has 10 rings (SSSR count). The second-order valence-electron chi connectivity index (χ2n) is 18.5. The van der Waals surface area contributed by atoms with Gasteiger partial charge in [-0.2, -0.15) is 26.3 Å². The van der Waals surface area contributed by atoms with Gasteiger partial charge in [0.1, 0.15) is 47.5 Å². The van der Waals surface area contributed by atoms with Gasteiger partial charge in [0, 0.05) is 61.8 Å². The minimum Gasteiger partial charge on any atom is -0.487 e. The van der Waals surface area contributed by atoms with Crippen molar-refractivity contribution in [3.63, 3.8) is 0 Å². The van der Waals surface area contributed by atoms with E-state index in [1.807, 2.05) is 109 Å². The highest BCUT2D eigenvalue weighted by Gasteiger charge is 2.42. The molecule has 4 aromatic heterocycles. The van der Waals surface area contributed by atoms with Gasteiger partial charge in [-0.15, -0.1) is 0 Å². The van der Waals surface area contributed by atoms with Crippen LogP contribution in [-0.2, 0) is 52.7 Å². The number of ether oxygens (including phenoxy) is 3. The molecule has 0 amide bonds. The molecule has 0 unspecified atom stereocenters. The molecule has 1 N–H and O–H groups in total. The number of aliphatic carboxylic acids is 1. The highest BCUT2D eigenvalue weighted by Crippen LogP contribution is 2.35. The van der Waals surface area contributed by atoms with Gasteiger partial charge in [0.15, 0.2) is 11.5 Å². The monoisotopic (exact) mass is 1080 g/mol.